The van der Waals surface area contributed by atoms with E-state index in [1.807, 2.05) is 0 Å². The van der Waals surface area contributed by atoms with E-state index in [1.54, 1.807) is 0 Å². The first kappa shape index (κ1) is 15.1. The van der Waals surface area contributed by atoms with Gasteiger partial charge >= 0.3 is 0 Å². The van der Waals surface area contributed by atoms with Crippen molar-refractivity contribution < 1.29 is 4.74 Å². The van der Waals surface area contributed by atoms with Gasteiger partial charge in [-0.15, -0.1) is 0 Å². The summed E-state index contributed by atoms with van der Waals surface area (Å²) in [6.07, 6.45) is 8.11. The molecule has 1 aromatic rings. The summed E-state index contributed by atoms with van der Waals surface area (Å²) in [7, 11) is 0. The Morgan fingerprint density at radius 2 is 1.90 bits per heavy atom. The number of nitrogens with two attached hydrogens (primary N) is 1. The minimum Gasteiger partial charge on any atom is -0.373 e. The van der Waals surface area contributed by atoms with Gasteiger partial charge < -0.3 is 10.5 Å². The third kappa shape index (κ3) is 3.17. The summed E-state index contributed by atoms with van der Waals surface area (Å²) in [5.41, 5.74) is 9.22. The third-order valence-electron chi connectivity index (χ3n) is 5.55. The predicted molar refractivity (Wildman–Crippen MR) is 87.3 cm³/mol. The molecular weight excluding hydrogens is 258 g/mol. The number of hydrogen-bond donors (Lipinski definition) is 1. The molecule has 0 aliphatic heterocycles. The predicted octanol–water partition coefficient (Wildman–Crippen LogP) is 4.55. The van der Waals surface area contributed by atoms with Crippen LogP contribution in [0.5, 0.6) is 0 Å². The second kappa shape index (κ2) is 6.50. The highest BCUT2D eigenvalue weighted by atomic mass is 16.5. The minimum absolute atomic E-state index is 0.0411. The second-order valence-corrected chi connectivity index (χ2v) is 7.03. The second-order valence-electron chi connectivity index (χ2n) is 7.03. The van der Waals surface area contributed by atoms with Crippen molar-refractivity contribution in [2.75, 3.05) is 0 Å². The van der Waals surface area contributed by atoms with Crippen molar-refractivity contribution in [3.63, 3.8) is 0 Å². The van der Waals surface area contributed by atoms with E-state index in [4.69, 9.17) is 10.5 Å². The van der Waals surface area contributed by atoms with E-state index in [9.17, 15) is 0 Å². The summed E-state index contributed by atoms with van der Waals surface area (Å²) in [6.45, 7) is 4.61. The lowest BCUT2D eigenvalue weighted by atomic mass is 9.79. The SMILES string of the molecule is CCC1CCCC(OC2CC(C)c3ccccc3C2N)C1. The van der Waals surface area contributed by atoms with Crippen LogP contribution in [0.25, 0.3) is 0 Å². The molecule has 116 valence electrons. The third-order valence-corrected chi connectivity index (χ3v) is 5.55. The van der Waals surface area contributed by atoms with Crippen LogP contribution < -0.4 is 5.73 Å². The molecule has 2 aliphatic carbocycles. The first-order valence-electron chi connectivity index (χ1n) is 8.68. The summed E-state index contributed by atoms with van der Waals surface area (Å²) in [6, 6.07) is 8.67. The maximum Gasteiger partial charge on any atom is 0.0777 e. The molecule has 2 N–H and O–H groups in total. The number of rotatable bonds is 3. The minimum atomic E-state index is 0.0411. The Hall–Kier alpha value is -0.860. The molecule has 1 fully saturated rings. The molecular formula is C19H29NO. The van der Waals surface area contributed by atoms with Gasteiger partial charge in [0.15, 0.2) is 0 Å². The molecule has 2 aliphatic rings. The van der Waals surface area contributed by atoms with Crippen LogP contribution in [0.2, 0.25) is 0 Å². The Labute approximate surface area is 129 Å². The molecule has 0 saturated heterocycles. The molecule has 0 spiro atoms. The average Bonchev–Trinajstić information content (AvgIpc) is 2.52. The molecule has 1 aromatic carbocycles. The zero-order valence-electron chi connectivity index (χ0n) is 13.4. The Morgan fingerprint density at radius 3 is 2.67 bits per heavy atom. The zero-order chi connectivity index (χ0) is 14.8. The monoisotopic (exact) mass is 287 g/mol. The first-order valence-corrected chi connectivity index (χ1v) is 8.68. The largest absolute Gasteiger partial charge is 0.373 e. The van der Waals surface area contributed by atoms with Crippen LogP contribution in [-0.2, 0) is 4.74 Å². The number of fused-ring (bicyclic) bond motifs is 1. The maximum atomic E-state index is 6.51. The van der Waals surface area contributed by atoms with Gasteiger partial charge in [-0.2, -0.15) is 0 Å². The normalized spacial score (nSPS) is 36.2. The van der Waals surface area contributed by atoms with Gasteiger partial charge in [0.05, 0.1) is 18.2 Å². The molecule has 0 heterocycles. The summed E-state index contributed by atoms with van der Waals surface area (Å²) < 4.78 is 6.48. The molecule has 0 radical (unpaired) electrons. The van der Waals surface area contributed by atoms with Gasteiger partial charge in [0.1, 0.15) is 0 Å². The van der Waals surface area contributed by atoms with E-state index in [0.717, 1.165) is 12.3 Å². The Kier molecular flexibility index (Phi) is 4.66. The molecule has 5 atom stereocenters. The lowest BCUT2D eigenvalue weighted by molar-refractivity contribution is -0.0602. The molecule has 2 nitrogen and oxygen atoms in total. The van der Waals surface area contributed by atoms with Crippen molar-refractivity contribution in [3.05, 3.63) is 35.4 Å². The van der Waals surface area contributed by atoms with E-state index in [1.165, 1.54) is 43.2 Å². The molecule has 1 saturated carbocycles. The van der Waals surface area contributed by atoms with E-state index in [2.05, 4.69) is 38.1 Å². The molecule has 0 aromatic heterocycles. The van der Waals surface area contributed by atoms with Crippen molar-refractivity contribution in [2.24, 2.45) is 11.7 Å². The van der Waals surface area contributed by atoms with E-state index in [-0.39, 0.29) is 12.1 Å². The van der Waals surface area contributed by atoms with E-state index in [0.29, 0.717) is 12.0 Å². The average molecular weight is 287 g/mol. The van der Waals surface area contributed by atoms with Gasteiger partial charge in [-0.05, 0) is 42.2 Å². The highest BCUT2D eigenvalue weighted by molar-refractivity contribution is 5.36. The fourth-order valence-electron chi connectivity index (χ4n) is 4.21. The lowest BCUT2D eigenvalue weighted by Crippen LogP contribution is -2.38. The van der Waals surface area contributed by atoms with Crippen LogP contribution in [0.1, 0.15) is 75.5 Å². The number of hydrogen-bond acceptors (Lipinski definition) is 2. The lowest BCUT2D eigenvalue weighted by Gasteiger charge is -2.38. The van der Waals surface area contributed by atoms with Gasteiger partial charge in [-0.1, -0.05) is 57.4 Å². The standard InChI is InChI=1S/C19H29NO/c1-3-14-7-6-8-15(12-14)21-18-11-13(2)16-9-4-5-10-17(16)19(18)20/h4-5,9-10,13-15,18-19H,3,6-8,11-12,20H2,1-2H3. The van der Waals surface area contributed by atoms with Crippen LogP contribution in [-0.4, -0.2) is 12.2 Å². The summed E-state index contributed by atoms with van der Waals surface area (Å²) in [5, 5.41) is 0. The molecule has 2 heteroatoms. The summed E-state index contributed by atoms with van der Waals surface area (Å²) in [4.78, 5) is 0. The van der Waals surface area contributed by atoms with Crippen LogP contribution in [0, 0.1) is 5.92 Å². The van der Waals surface area contributed by atoms with Gasteiger partial charge in [0, 0.05) is 0 Å². The Morgan fingerprint density at radius 1 is 1.14 bits per heavy atom. The van der Waals surface area contributed by atoms with E-state index >= 15 is 0 Å². The van der Waals surface area contributed by atoms with Crippen molar-refractivity contribution in [3.8, 4) is 0 Å². The molecule has 3 rings (SSSR count). The van der Waals surface area contributed by atoms with E-state index < -0.39 is 0 Å². The van der Waals surface area contributed by atoms with Gasteiger partial charge in [0.2, 0.25) is 0 Å². The molecule has 5 unspecified atom stereocenters. The summed E-state index contributed by atoms with van der Waals surface area (Å²) >= 11 is 0. The zero-order valence-corrected chi connectivity index (χ0v) is 13.4. The van der Waals surface area contributed by atoms with Gasteiger partial charge in [0.25, 0.3) is 0 Å². The van der Waals surface area contributed by atoms with Crippen molar-refractivity contribution in [2.45, 2.75) is 76.5 Å². The summed E-state index contributed by atoms with van der Waals surface area (Å²) in [5.74, 6) is 1.41. The van der Waals surface area contributed by atoms with Crippen molar-refractivity contribution in [1.29, 1.82) is 0 Å². The highest BCUT2D eigenvalue weighted by Crippen LogP contribution is 2.39. The van der Waals surface area contributed by atoms with Crippen LogP contribution in [0.15, 0.2) is 24.3 Å². The topological polar surface area (TPSA) is 35.2 Å². The molecule has 0 bridgehead atoms. The number of ether oxygens (including phenoxy) is 1. The smallest absolute Gasteiger partial charge is 0.0777 e. The molecule has 0 amide bonds. The Bertz CT molecular complexity index is 472. The quantitative estimate of drug-likeness (QED) is 0.885. The molecule has 21 heavy (non-hydrogen) atoms. The van der Waals surface area contributed by atoms with Crippen LogP contribution >= 0.6 is 0 Å². The van der Waals surface area contributed by atoms with Crippen molar-refractivity contribution >= 4 is 0 Å². The van der Waals surface area contributed by atoms with Crippen LogP contribution in [0.4, 0.5) is 0 Å². The van der Waals surface area contributed by atoms with Gasteiger partial charge in [-0.3, -0.25) is 0 Å². The van der Waals surface area contributed by atoms with Gasteiger partial charge in [-0.25, -0.2) is 0 Å². The first-order chi connectivity index (χ1) is 10.2. The fraction of sp³-hybridized carbons (Fsp3) is 0.684. The highest BCUT2D eigenvalue weighted by Gasteiger charge is 2.34. The van der Waals surface area contributed by atoms with Crippen LogP contribution in [0.3, 0.4) is 0 Å². The van der Waals surface area contributed by atoms with Crippen molar-refractivity contribution in [1.82, 2.24) is 0 Å². The maximum absolute atomic E-state index is 6.51. The Balaban J connectivity index is 1.69. The number of benzene rings is 1. The fourth-order valence-corrected chi connectivity index (χ4v) is 4.21.